The van der Waals surface area contributed by atoms with E-state index < -0.39 is 11.7 Å². The molecule has 4 fully saturated rings. The molecule has 2 bridgehead atoms. The van der Waals surface area contributed by atoms with Crippen LogP contribution < -0.4 is 4.90 Å². The van der Waals surface area contributed by atoms with E-state index in [1.54, 1.807) is 18.2 Å². The zero-order chi connectivity index (χ0) is 16.2. The Kier molecular flexibility index (Phi) is 3.55. The molecule has 1 aromatic carbocycles. The number of nitrogens with one attached hydrogen (secondary N) is 1. The summed E-state index contributed by atoms with van der Waals surface area (Å²) in [5, 5.41) is 9.18. The summed E-state index contributed by atoms with van der Waals surface area (Å²) in [7, 11) is 0. The largest absolute Gasteiger partial charge is 0.440 e. The van der Waals surface area contributed by atoms with Crippen LogP contribution in [0.4, 0.5) is 10.5 Å². The number of nitrogens with zero attached hydrogens (tertiary/aromatic N) is 2. The molecule has 1 aromatic rings. The Labute approximate surface area is 144 Å². The van der Waals surface area contributed by atoms with E-state index in [1.165, 1.54) is 4.90 Å². The van der Waals surface area contributed by atoms with E-state index in [2.05, 4.69) is 4.90 Å². The second-order valence-corrected chi connectivity index (χ2v) is 7.35. The van der Waals surface area contributed by atoms with Gasteiger partial charge in [0.1, 0.15) is 11.4 Å². The summed E-state index contributed by atoms with van der Waals surface area (Å²) in [5.74, 6) is 0.612. The Hall–Kier alpha value is -1.30. The van der Waals surface area contributed by atoms with E-state index in [1.807, 2.05) is 0 Å². The molecule has 0 aliphatic carbocycles. The van der Waals surface area contributed by atoms with Gasteiger partial charge in [-0.05, 0) is 44.1 Å². The number of amides is 1. The number of halogens is 2. The molecule has 1 amide bonds. The molecule has 5 nitrogen and oxygen atoms in total. The van der Waals surface area contributed by atoms with Gasteiger partial charge in [0.15, 0.2) is 0 Å². The highest BCUT2D eigenvalue weighted by Gasteiger charge is 2.54. The standard InChI is InChI=1S/C16H17Cl2N3O2/c17-12-2-1-11(7-13(12)18)21-14(19)8-16(23-15(21)22)9-20-5-3-10(16)4-6-20/h1-2,7,10,19H,3-6,8-9H2. The third kappa shape index (κ3) is 2.42. The minimum absolute atomic E-state index is 0.258. The number of rotatable bonds is 1. The number of anilines is 1. The number of hydrogen-bond donors (Lipinski definition) is 1. The lowest BCUT2D eigenvalue weighted by molar-refractivity contribution is -0.113. The summed E-state index contributed by atoms with van der Waals surface area (Å²) >= 11 is 12.0. The molecule has 1 unspecified atom stereocenters. The first-order chi connectivity index (χ1) is 11.0. The average molecular weight is 354 g/mol. The van der Waals surface area contributed by atoms with Crippen LogP contribution in [0, 0.1) is 11.3 Å². The zero-order valence-electron chi connectivity index (χ0n) is 12.5. The van der Waals surface area contributed by atoms with Gasteiger partial charge in [-0.25, -0.2) is 9.69 Å². The van der Waals surface area contributed by atoms with Crippen molar-refractivity contribution in [2.75, 3.05) is 24.5 Å². The van der Waals surface area contributed by atoms with E-state index in [9.17, 15) is 4.79 Å². The molecule has 1 atom stereocenters. The number of ether oxygens (including phenoxy) is 1. The molecule has 7 heteroatoms. The molecule has 122 valence electrons. The van der Waals surface area contributed by atoms with Crippen LogP contribution >= 0.6 is 23.2 Å². The SMILES string of the molecule is N=C1CC2(CN3CCC2CC3)OC(=O)N1c1ccc(Cl)c(Cl)c1. The number of amidine groups is 1. The topological polar surface area (TPSA) is 56.6 Å². The van der Waals surface area contributed by atoms with Crippen LogP contribution in [0.5, 0.6) is 0 Å². The number of piperidine rings is 3. The maximum Gasteiger partial charge on any atom is 0.420 e. The van der Waals surface area contributed by atoms with Crippen LogP contribution in [0.2, 0.25) is 10.0 Å². The van der Waals surface area contributed by atoms with Gasteiger partial charge >= 0.3 is 6.09 Å². The second kappa shape index (κ2) is 5.36. The Bertz CT molecular complexity index is 668. The molecular formula is C16H17Cl2N3O2. The fraction of sp³-hybridized carbons (Fsp3) is 0.500. The van der Waals surface area contributed by atoms with E-state index in [0.29, 0.717) is 28.1 Å². The van der Waals surface area contributed by atoms with Gasteiger partial charge in [-0.15, -0.1) is 0 Å². The van der Waals surface area contributed by atoms with Crippen molar-refractivity contribution in [3.05, 3.63) is 28.2 Å². The monoisotopic (exact) mass is 353 g/mol. The van der Waals surface area contributed by atoms with Crippen molar-refractivity contribution in [2.45, 2.75) is 24.9 Å². The molecule has 0 saturated carbocycles. The number of carbonyl (C=O) groups excluding carboxylic acids is 1. The molecule has 0 aromatic heterocycles. The third-order valence-electron chi connectivity index (χ3n) is 5.19. The van der Waals surface area contributed by atoms with Gasteiger partial charge in [0.05, 0.1) is 15.7 Å². The molecule has 0 radical (unpaired) electrons. The summed E-state index contributed by atoms with van der Waals surface area (Å²) in [4.78, 5) is 16.2. The van der Waals surface area contributed by atoms with Gasteiger partial charge in [-0.3, -0.25) is 10.3 Å². The minimum atomic E-state index is -0.530. The van der Waals surface area contributed by atoms with Crippen LogP contribution in [-0.4, -0.2) is 42.1 Å². The van der Waals surface area contributed by atoms with E-state index in [0.717, 1.165) is 32.5 Å². The maximum absolute atomic E-state index is 12.6. The highest BCUT2D eigenvalue weighted by Crippen LogP contribution is 2.44. The summed E-state index contributed by atoms with van der Waals surface area (Å²) in [6.45, 7) is 2.86. The highest BCUT2D eigenvalue weighted by molar-refractivity contribution is 6.42. The second-order valence-electron chi connectivity index (χ2n) is 6.54. The predicted octanol–water partition coefficient (Wildman–Crippen LogP) is 3.78. The van der Waals surface area contributed by atoms with Crippen LogP contribution in [0.1, 0.15) is 19.3 Å². The van der Waals surface area contributed by atoms with Crippen LogP contribution in [0.25, 0.3) is 0 Å². The van der Waals surface area contributed by atoms with Gasteiger partial charge in [-0.1, -0.05) is 23.2 Å². The molecule has 4 aliphatic rings. The van der Waals surface area contributed by atoms with E-state index >= 15 is 0 Å². The van der Waals surface area contributed by atoms with Crippen molar-refractivity contribution in [3.63, 3.8) is 0 Å². The molecule has 4 heterocycles. The van der Waals surface area contributed by atoms with Gasteiger partial charge in [0.2, 0.25) is 0 Å². The Morgan fingerprint density at radius 3 is 2.52 bits per heavy atom. The van der Waals surface area contributed by atoms with Crippen molar-refractivity contribution in [1.82, 2.24) is 4.90 Å². The van der Waals surface area contributed by atoms with Crippen molar-refractivity contribution >= 4 is 40.8 Å². The van der Waals surface area contributed by atoms with E-state index in [4.69, 9.17) is 33.3 Å². The van der Waals surface area contributed by atoms with Crippen molar-refractivity contribution in [1.29, 1.82) is 5.41 Å². The molecule has 4 aliphatic heterocycles. The van der Waals surface area contributed by atoms with Gasteiger partial charge < -0.3 is 4.74 Å². The molecule has 4 saturated heterocycles. The Morgan fingerprint density at radius 1 is 1.22 bits per heavy atom. The van der Waals surface area contributed by atoms with Gasteiger partial charge in [0, 0.05) is 18.9 Å². The van der Waals surface area contributed by atoms with Gasteiger partial charge in [-0.2, -0.15) is 0 Å². The molecule has 23 heavy (non-hydrogen) atoms. The number of fused-ring (bicyclic) bond motifs is 2. The third-order valence-corrected chi connectivity index (χ3v) is 5.93. The van der Waals surface area contributed by atoms with E-state index in [-0.39, 0.29) is 5.84 Å². The first-order valence-electron chi connectivity index (χ1n) is 7.76. The van der Waals surface area contributed by atoms with Crippen LogP contribution in [0.15, 0.2) is 18.2 Å². The molecule has 1 N–H and O–H groups in total. The lowest BCUT2D eigenvalue weighted by atomic mass is 9.72. The summed E-state index contributed by atoms with van der Waals surface area (Å²) in [6, 6.07) is 4.89. The van der Waals surface area contributed by atoms with Crippen molar-refractivity contribution < 1.29 is 9.53 Å². The molecule has 5 rings (SSSR count). The van der Waals surface area contributed by atoms with Crippen molar-refractivity contribution in [3.8, 4) is 0 Å². The fourth-order valence-electron chi connectivity index (χ4n) is 4.05. The lowest BCUT2D eigenvalue weighted by Gasteiger charge is -2.54. The minimum Gasteiger partial charge on any atom is -0.440 e. The first-order valence-corrected chi connectivity index (χ1v) is 8.52. The smallest absolute Gasteiger partial charge is 0.420 e. The fourth-order valence-corrected chi connectivity index (χ4v) is 4.35. The van der Waals surface area contributed by atoms with Crippen LogP contribution in [0.3, 0.4) is 0 Å². The van der Waals surface area contributed by atoms with Gasteiger partial charge in [0.25, 0.3) is 0 Å². The average Bonchev–Trinajstić information content (AvgIpc) is 2.51. The maximum atomic E-state index is 12.6. The number of carbonyl (C=O) groups is 1. The lowest BCUT2D eigenvalue weighted by Crippen LogP contribution is -2.66. The summed E-state index contributed by atoms with van der Waals surface area (Å²) < 4.78 is 5.88. The quantitative estimate of drug-likeness (QED) is 0.835. The highest BCUT2D eigenvalue weighted by atomic mass is 35.5. The predicted molar refractivity (Wildman–Crippen MR) is 89.7 cm³/mol. The van der Waals surface area contributed by atoms with Crippen molar-refractivity contribution in [2.24, 2.45) is 5.92 Å². The zero-order valence-corrected chi connectivity index (χ0v) is 14.0. The first kappa shape index (κ1) is 15.2. The Balaban J connectivity index is 1.63. The summed E-state index contributed by atoms with van der Waals surface area (Å²) in [6.07, 6.45) is 2.02. The molecule has 1 spiro atoms. The number of benzene rings is 1. The van der Waals surface area contributed by atoms with Crippen LogP contribution in [-0.2, 0) is 4.74 Å². The normalized spacial score (nSPS) is 33.2. The number of hydrogen-bond acceptors (Lipinski definition) is 4. The molecular weight excluding hydrogens is 337 g/mol. The summed E-state index contributed by atoms with van der Waals surface area (Å²) in [5.41, 5.74) is -0.0114. The Morgan fingerprint density at radius 2 is 1.96 bits per heavy atom.